The molecule has 3 heterocycles. The van der Waals surface area contributed by atoms with Crippen LogP contribution < -0.4 is 5.32 Å². The Morgan fingerprint density at radius 1 is 1.18 bits per heavy atom. The highest BCUT2D eigenvalue weighted by molar-refractivity contribution is 6.31. The Hall–Kier alpha value is -3.59. The highest BCUT2D eigenvalue weighted by atomic mass is 35.5. The zero-order valence-corrected chi connectivity index (χ0v) is 18.3. The van der Waals surface area contributed by atoms with E-state index >= 15 is 0 Å². The number of hydrogen-bond donors (Lipinski definition) is 1. The molecule has 1 N–H and O–H groups in total. The first-order valence-electron chi connectivity index (χ1n) is 10.5. The molecule has 1 saturated heterocycles. The molecule has 0 radical (unpaired) electrons. The summed E-state index contributed by atoms with van der Waals surface area (Å²) in [6.45, 7) is 2.17. The molecule has 3 aromatic rings. The van der Waals surface area contributed by atoms with Crippen LogP contribution in [0.4, 0.5) is 4.39 Å². The van der Waals surface area contributed by atoms with Crippen LogP contribution in [0.2, 0.25) is 5.02 Å². The topological polar surface area (TPSA) is 97.2 Å². The lowest BCUT2D eigenvalue weighted by Crippen LogP contribution is -2.52. The predicted octanol–water partition coefficient (Wildman–Crippen LogP) is 3.11. The number of halogens is 2. The minimum Gasteiger partial charge on any atom is -0.322 e. The van der Waals surface area contributed by atoms with Gasteiger partial charge in [-0.3, -0.25) is 19.7 Å². The van der Waals surface area contributed by atoms with Gasteiger partial charge in [0.25, 0.3) is 5.91 Å². The van der Waals surface area contributed by atoms with E-state index in [2.05, 4.69) is 15.6 Å². The Morgan fingerprint density at radius 2 is 2.00 bits per heavy atom. The summed E-state index contributed by atoms with van der Waals surface area (Å²) in [6, 6.07) is 8.68. The third kappa shape index (κ3) is 3.78. The molecule has 0 bridgehead atoms. The lowest BCUT2D eigenvalue weighted by atomic mass is 10.0. The summed E-state index contributed by atoms with van der Waals surface area (Å²) in [7, 11) is 0. The average Bonchev–Trinajstić information content (AvgIpc) is 3.39. The Labute approximate surface area is 193 Å². The van der Waals surface area contributed by atoms with Crippen molar-refractivity contribution in [3.63, 3.8) is 0 Å². The molecule has 2 aliphatic heterocycles. The molecule has 1 aromatic heterocycles. The summed E-state index contributed by atoms with van der Waals surface area (Å²) in [4.78, 5) is 38.0. The molecular formula is C23H19ClFN5O3. The number of imide groups is 1. The summed E-state index contributed by atoms with van der Waals surface area (Å²) in [5, 5.41) is 11.1. The van der Waals surface area contributed by atoms with Crippen LogP contribution in [0.1, 0.15) is 47.3 Å². The second kappa shape index (κ2) is 8.08. The fraction of sp³-hybridized carbons (Fsp3) is 0.261. The summed E-state index contributed by atoms with van der Waals surface area (Å²) in [5.74, 6) is -1.39. The van der Waals surface area contributed by atoms with Crippen molar-refractivity contribution in [2.45, 2.75) is 38.4 Å². The SMILES string of the molecule is C[C@@H](c1ccc(F)cc1Cl)n1cc(-c2ccc3c(c2)CN(C2CCC(=O)NC2=O)C3=O)nn1. The number of benzene rings is 2. The highest BCUT2D eigenvalue weighted by Gasteiger charge is 2.39. The van der Waals surface area contributed by atoms with Crippen LogP contribution in [0.15, 0.2) is 42.6 Å². The van der Waals surface area contributed by atoms with Gasteiger partial charge in [-0.15, -0.1) is 5.10 Å². The third-order valence-electron chi connectivity index (χ3n) is 6.14. The van der Waals surface area contributed by atoms with Gasteiger partial charge in [-0.1, -0.05) is 28.9 Å². The minimum atomic E-state index is -0.659. The third-order valence-corrected chi connectivity index (χ3v) is 6.47. The van der Waals surface area contributed by atoms with Crippen LogP contribution in [0, 0.1) is 5.82 Å². The van der Waals surface area contributed by atoms with E-state index in [1.807, 2.05) is 13.0 Å². The van der Waals surface area contributed by atoms with E-state index in [-0.39, 0.29) is 30.8 Å². The first-order valence-corrected chi connectivity index (χ1v) is 10.8. The van der Waals surface area contributed by atoms with Gasteiger partial charge >= 0.3 is 0 Å². The summed E-state index contributed by atoms with van der Waals surface area (Å²) >= 11 is 6.19. The van der Waals surface area contributed by atoms with E-state index in [1.165, 1.54) is 17.0 Å². The van der Waals surface area contributed by atoms with Crippen molar-refractivity contribution in [3.8, 4) is 11.3 Å². The second-order valence-corrected chi connectivity index (χ2v) is 8.60. The Kier molecular flexibility index (Phi) is 5.20. The standard InChI is InChI=1S/C23H19ClFN5O3/c1-12(16-5-3-15(25)9-18(16)24)30-11-19(27-28-30)13-2-4-17-14(8-13)10-29(23(17)33)20-6-7-21(31)26-22(20)32/h2-5,8-9,11-12,20H,6-7,10H2,1H3,(H,26,31,32)/t12-,20?/m0/s1. The molecule has 33 heavy (non-hydrogen) atoms. The van der Waals surface area contributed by atoms with Crippen molar-refractivity contribution in [3.05, 3.63) is 70.1 Å². The lowest BCUT2D eigenvalue weighted by Gasteiger charge is -2.29. The maximum atomic E-state index is 13.4. The molecule has 0 spiro atoms. The fourth-order valence-electron chi connectivity index (χ4n) is 4.31. The number of aromatic nitrogens is 3. The number of hydrogen-bond acceptors (Lipinski definition) is 5. The highest BCUT2D eigenvalue weighted by Crippen LogP contribution is 2.32. The number of nitrogens with one attached hydrogen (secondary N) is 1. The number of amides is 3. The maximum Gasteiger partial charge on any atom is 0.255 e. The molecule has 1 fully saturated rings. The normalized spacial score (nSPS) is 18.9. The predicted molar refractivity (Wildman–Crippen MR) is 117 cm³/mol. The Balaban J connectivity index is 1.38. The maximum absolute atomic E-state index is 13.4. The van der Waals surface area contributed by atoms with Gasteiger partial charge in [-0.25, -0.2) is 9.07 Å². The van der Waals surface area contributed by atoms with Gasteiger partial charge in [0.05, 0.1) is 12.2 Å². The summed E-state index contributed by atoms with van der Waals surface area (Å²) < 4.78 is 15.0. The smallest absolute Gasteiger partial charge is 0.255 e. The van der Waals surface area contributed by atoms with E-state index in [0.29, 0.717) is 28.3 Å². The first kappa shape index (κ1) is 21.3. The number of carbonyl (C=O) groups excluding carboxylic acids is 3. The molecule has 2 aromatic carbocycles. The lowest BCUT2D eigenvalue weighted by molar-refractivity contribution is -0.136. The van der Waals surface area contributed by atoms with Gasteiger partial charge in [-0.05, 0) is 48.7 Å². The zero-order valence-electron chi connectivity index (χ0n) is 17.6. The summed E-state index contributed by atoms with van der Waals surface area (Å²) in [5.41, 5.74) is 3.41. The molecule has 168 valence electrons. The molecule has 0 aliphatic carbocycles. The molecule has 2 aliphatic rings. The molecular weight excluding hydrogens is 449 g/mol. The molecule has 3 amide bonds. The van der Waals surface area contributed by atoms with Crippen LogP contribution in [0.3, 0.4) is 0 Å². The van der Waals surface area contributed by atoms with Crippen molar-refractivity contribution in [2.75, 3.05) is 0 Å². The minimum absolute atomic E-state index is 0.209. The Bertz CT molecular complexity index is 1310. The van der Waals surface area contributed by atoms with E-state index < -0.39 is 17.8 Å². The molecule has 1 unspecified atom stereocenters. The molecule has 10 heteroatoms. The number of carbonyl (C=O) groups is 3. The van der Waals surface area contributed by atoms with E-state index in [1.54, 1.807) is 29.1 Å². The van der Waals surface area contributed by atoms with Crippen molar-refractivity contribution in [1.29, 1.82) is 0 Å². The number of rotatable bonds is 4. The number of fused-ring (bicyclic) bond motifs is 1. The van der Waals surface area contributed by atoms with Gasteiger partial charge < -0.3 is 4.90 Å². The van der Waals surface area contributed by atoms with E-state index in [4.69, 9.17) is 11.6 Å². The van der Waals surface area contributed by atoms with Gasteiger partial charge in [-0.2, -0.15) is 0 Å². The van der Waals surface area contributed by atoms with Crippen LogP contribution in [-0.2, 0) is 16.1 Å². The van der Waals surface area contributed by atoms with Crippen LogP contribution in [0.25, 0.3) is 11.3 Å². The monoisotopic (exact) mass is 467 g/mol. The first-order chi connectivity index (χ1) is 15.8. The Morgan fingerprint density at radius 3 is 2.76 bits per heavy atom. The molecule has 5 rings (SSSR count). The average molecular weight is 468 g/mol. The van der Waals surface area contributed by atoms with Crippen LogP contribution in [-0.4, -0.2) is 43.7 Å². The molecule has 2 atom stereocenters. The number of piperidine rings is 1. The van der Waals surface area contributed by atoms with Gasteiger partial charge in [0.15, 0.2) is 0 Å². The van der Waals surface area contributed by atoms with E-state index in [9.17, 15) is 18.8 Å². The van der Waals surface area contributed by atoms with E-state index in [0.717, 1.165) is 11.1 Å². The van der Waals surface area contributed by atoms with Gasteiger partial charge in [0.1, 0.15) is 17.6 Å². The van der Waals surface area contributed by atoms with Crippen molar-refractivity contribution in [2.24, 2.45) is 0 Å². The van der Waals surface area contributed by atoms with Crippen molar-refractivity contribution < 1.29 is 18.8 Å². The fourth-order valence-corrected chi connectivity index (χ4v) is 4.64. The zero-order chi connectivity index (χ0) is 23.3. The number of nitrogens with zero attached hydrogens (tertiary/aromatic N) is 4. The molecule has 0 saturated carbocycles. The van der Waals surface area contributed by atoms with Crippen molar-refractivity contribution >= 4 is 29.3 Å². The van der Waals surface area contributed by atoms with Gasteiger partial charge in [0, 0.05) is 29.1 Å². The van der Waals surface area contributed by atoms with Crippen molar-refractivity contribution in [1.82, 2.24) is 25.2 Å². The van der Waals surface area contributed by atoms with Crippen LogP contribution in [0.5, 0.6) is 0 Å². The quantitative estimate of drug-likeness (QED) is 0.595. The second-order valence-electron chi connectivity index (χ2n) is 8.20. The van der Waals surface area contributed by atoms with Crippen LogP contribution >= 0.6 is 11.6 Å². The largest absolute Gasteiger partial charge is 0.322 e. The summed E-state index contributed by atoms with van der Waals surface area (Å²) in [6.07, 6.45) is 2.29. The van der Waals surface area contributed by atoms with Gasteiger partial charge in [0.2, 0.25) is 11.8 Å². The molecule has 8 nitrogen and oxygen atoms in total.